The zero-order valence-electron chi connectivity index (χ0n) is 11.0. The molecule has 6 heteroatoms. The maximum atomic E-state index is 11.8. The SMILES string of the molecule is CCNS(=O)(=O)c1ccc(Oc2ccccc2N)cc1. The van der Waals surface area contributed by atoms with E-state index in [-0.39, 0.29) is 4.90 Å². The Morgan fingerprint density at radius 1 is 1.10 bits per heavy atom. The Balaban J connectivity index is 2.19. The number of rotatable bonds is 5. The van der Waals surface area contributed by atoms with E-state index in [9.17, 15) is 8.42 Å². The average molecular weight is 292 g/mol. The van der Waals surface area contributed by atoms with Gasteiger partial charge in [0.25, 0.3) is 0 Å². The molecule has 0 spiro atoms. The molecule has 2 rings (SSSR count). The number of hydrogen-bond donors (Lipinski definition) is 2. The normalized spacial score (nSPS) is 11.2. The highest BCUT2D eigenvalue weighted by molar-refractivity contribution is 7.89. The van der Waals surface area contributed by atoms with Crippen molar-refractivity contribution in [2.45, 2.75) is 11.8 Å². The van der Waals surface area contributed by atoms with Gasteiger partial charge in [-0.1, -0.05) is 19.1 Å². The molecule has 20 heavy (non-hydrogen) atoms. The molecule has 0 atom stereocenters. The summed E-state index contributed by atoms with van der Waals surface area (Å²) in [4.78, 5) is 0.202. The van der Waals surface area contributed by atoms with E-state index in [1.807, 2.05) is 12.1 Å². The number of para-hydroxylation sites is 2. The summed E-state index contributed by atoms with van der Waals surface area (Å²) in [6.45, 7) is 2.08. The molecule has 0 radical (unpaired) electrons. The van der Waals surface area contributed by atoms with Gasteiger partial charge in [0.15, 0.2) is 0 Å². The second-order valence-corrected chi connectivity index (χ2v) is 5.88. The van der Waals surface area contributed by atoms with Crippen LogP contribution >= 0.6 is 0 Å². The number of ether oxygens (including phenoxy) is 1. The minimum Gasteiger partial charge on any atom is -0.455 e. The van der Waals surface area contributed by atoms with Crippen molar-refractivity contribution < 1.29 is 13.2 Å². The van der Waals surface area contributed by atoms with Crippen LogP contribution in [0.2, 0.25) is 0 Å². The van der Waals surface area contributed by atoms with Crippen LogP contribution in [0.15, 0.2) is 53.4 Å². The highest BCUT2D eigenvalue weighted by Crippen LogP contribution is 2.27. The zero-order valence-corrected chi connectivity index (χ0v) is 11.9. The van der Waals surface area contributed by atoms with Crippen molar-refractivity contribution in [3.8, 4) is 11.5 Å². The van der Waals surface area contributed by atoms with Crippen LogP contribution in [-0.2, 0) is 10.0 Å². The quantitative estimate of drug-likeness (QED) is 0.829. The van der Waals surface area contributed by atoms with Gasteiger partial charge in [-0.15, -0.1) is 0 Å². The van der Waals surface area contributed by atoms with Gasteiger partial charge in [-0.25, -0.2) is 13.1 Å². The van der Waals surface area contributed by atoms with E-state index < -0.39 is 10.0 Å². The largest absolute Gasteiger partial charge is 0.455 e. The number of benzene rings is 2. The van der Waals surface area contributed by atoms with E-state index in [2.05, 4.69) is 4.72 Å². The monoisotopic (exact) mass is 292 g/mol. The van der Waals surface area contributed by atoms with Gasteiger partial charge >= 0.3 is 0 Å². The predicted molar refractivity (Wildman–Crippen MR) is 78.2 cm³/mol. The minimum absolute atomic E-state index is 0.202. The lowest BCUT2D eigenvalue weighted by Gasteiger charge is -2.09. The fraction of sp³-hybridized carbons (Fsp3) is 0.143. The van der Waals surface area contributed by atoms with Gasteiger partial charge in [0.2, 0.25) is 10.0 Å². The second-order valence-electron chi connectivity index (χ2n) is 4.11. The molecule has 106 valence electrons. The lowest BCUT2D eigenvalue weighted by atomic mass is 10.3. The lowest BCUT2D eigenvalue weighted by molar-refractivity contribution is 0.484. The molecule has 2 aromatic carbocycles. The summed E-state index contributed by atoms with van der Waals surface area (Å²) in [5.74, 6) is 1.06. The van der Waals surface area contributed by atoms with Crippen LogP contribution in [0.5, 0.6) is 11.5 Å². The maximum absolute atomic E-state index is 11.8. The Labute approximate surface area is 118 Å². The lowest BCUT2D eigenvalue weighted by Crippen LogP contribution is -2.22. The van der Waals surface area contributed by atoms with Crippen molar-refractivity contribution in [3.63, 3.8) is 0 Å². The molecule has 0 unspecified atom stereocenters. The Bertz CT molecular complexity index is 682. The molecule has 0 aliphatic heterocycles. The smallest absolute Gasteiger partial charge is 0.240 e. The molecule has 0 fully saturated rings. The van der Waals surface area contributed by atoms with Gasteiger partial charge in [-0.2, -0.15) is 0 Å². The first-order valence-corrected chi connectivity index (χ1v) is 7.63. The molecule has 0 saturated heterocycles. The third-order valence-electron chi connectivity index (χ3n) is 2.62. The molecule has 0 heterocycles. The van der Waals surface area contributed by atoms with Crippen LogP contribution in [0.3, 0.4) is 0 Å². The number of hydrogen-bond acceptors (Lipinski definition) is 4. The van der Waals surface area contributed by atoms with Gasteiger partial charge in [0.05, 0.1) is 10.6 Å². The number of sulfonamides is 1. The summed E-state index contributed by atoms with van der Waals surface area (Å²) in [5.41, 5.74) is 6.30. The summed E-state index contributed by atoms with van der Waals surface area (Å²) in [6, 6.07) is 13.3. The molecule has 0 aliphatic rings. The fourth-order valence-electron chi connectivity index (χ4n) is 1.66. The summed E-state index contributed by atoms with van der Waals surface area (Å²) in [5, 5.41) is 0. The first kappa shape index (κ1) is 14.4. The van der Waals surface area contributed by atoms with E-state index in [1.54, 1.807) is 31.2 Å². The van der Waals surface area contributed by atoms with Crippen molar-refractivity contribution in [2.75, 3.05) is 12.3 Å². The van der Waals surface area contributed by atoms with Gasteiger partial charge < -0.3 is 10.5 Å². The first-order valence-electron chi connectivity index (χ1n) is 6.15. The van der Waals surface area contributed by atoms with Crippen LogP contribution in [-0.4, -0.2) is 15.0 Å². The molecular weight excluding hydrogens is 276 g/mol. The third kappa shape index (κ3) is 3.28. The van der Waals surface area contributed by atoms with E-state index in [0.29, 0.717) is 23.7 Å². The molecule has 0 aliphatic carbocycles. The average Bonchev–Trinajstić information content (AvgIpc) is 2.42. The number of anilines is 1. The molecule has 5 nitrogen and oxygen atoms in total. The fourth-order valence-corrected chi connectivity index (χ4v) is 2.70. The maximum Gasteiger partial charge on any atom is 0.240 e. The minimum atomic E-state index is -3.44. The zero-order chi connectivity index (χ0) is 14.6. The van der Waals surface area contributed by atoms with E-state index in [4.69, 9.17) is 10.5 Å². The van der Waals surface area contributed by atoms with Crippen LogP contribution in [0.4, 0.5) is 5.69 Å². The Kier molecular flexibility index (Phi) is 4.26. The Morgan fingerprint density at radius 3 is 2.35 bits per heavy atom. The van der Waals surface area contributed by atoms with Crippen molar-refractivity contribution >= 4 is 15.7 Å². The van der Waals surface area contributed by atoms with Gasteiger partial charge in [-0.05, 0) is 36.4 Å². The van der Waals surface area contributed by atoms with Crippen LogP contribution < -0.4 is 15.2 Å². The number of nitrogens with two attached hydrogens (primary N) is 1. The second kappa shape index (κ2) is 5.94. The molecule has 0 amide bonds. The highest BCUT2D eigenvalue weighted by atomic mass is 32.2. The van der Waals surface area contributed by atoms with Gasteiger partial charge in [0, 0.05) is 6.54 Å². The van der Waals surface area contributed by atoms with Crippen LogP contribution in [0.25, 0.3) is 0 Å². The summed E-state index contributed by atoms with van der Waals surface area (Å²) < 4.78 is 31.6. The highest BCUT2D eigenvalue weighted by Gasteiger charge is 2.12. The van der Waals surface area contributed by atoms with Gasteiger partial charge in [-0.3, -0.25) is 0 Å². The van der Waals surface area contributed by atoms with Crippen molar-refractivity contribution in [1.82, 2.24) is 4.72 Å². The predicted octanol–water partition coefficient (Wildman–Crippen LogP) is 2.36. The molecule has 2 aromatic rings. The topological polar surface area (TPSA) is 81.4 Å². The van der Waals surface area contributed by atoms with E-state index in [1.165, 1.54) is 12.1 Å². The first-order chi connectivity index (χ1) is 9.53. The van der Waals surface area contributed by atoms with Crippen molar-refractivity contribution in [2.24, 2.45) is 0 Å². The number of nitrogen functional groups attached to an aromatic ring is 1. The summed E-state index contributed by atoms with van der Waals surface area (Å²) in [7, 11) is -3.44. The Morgan fingerprint density at radius 2 is 1.75 bits per heavy atom. The summed E-state index contributed by atoms with van der Waals surface area (Å²) >= 11 is 0. The Hall–Kier alpha value is -2.05. The standard InChI is InChI=1S/C14H16N2O3S/c1-2-16-20(17,18)12-9-7-11(8-10-12)19-14-6-4-3-5-13(14)15/h3-10,16H,2,15H2,1H3. The van der Waals surface area contributed by atoms with Crippen molar-refractivity contribution in [3.05, 3.63) is 48.5 Å². The van der Waals surface area contributed by atoms with Gasteiger partial charge in [0.1, 0.15) is 11.5 Å². The molecule has 0 aromatic heterocycles. The molecule has 3 N–H and O–H groups in total. The van der Waals surface area contributed by atoms with E-state index >= 15 is 0 Å². The summed E-state index contributed by atoms with van der Waals surface area (Å²) in [6.07, 6.45) is 0. The van der Waals surface area contributed by atoms with Crippen molar-refractivity contribution in [1.29, 1.82) is 0 Å². The van der Waals surface area contributed by atoms with E-state index in [0.717, 1.165) is 0 Å². The van der Waals surface area contributed by atoms with Crippen LogP contribution in [0.1, 0.15) is 6.92 Å². The molecule has 0 saturated carbocycles. The third-order valence-corrected chi connectivity index (χ3v) is 4.18. The number of nitrogens with one attached hydrogen (secondary N) is 1. The molecular formula is C14H16N2O3S. The molecule has 0 bridgehead atoms. The van der Waals surface area contributed by atoms with Crippen LogP contribution in [0, 0.1) is 0 Å².